The Kier molecular flexibility index (Phi) is 5.86. The summed E-state index contributed by atoms with van der Waals surface area (Å²) in [5.74, 6) is 2.50. The van der Waals surface area contributed by atoms with E-state index in [0.29, 0.717) is 19.6 Å². The summed E-state index contributed by atoms with van der Waals surface area (Å²) >= 11 is 1.66. The average molecular weight is 333 g/mol. The fourth-order valence-corrected chi connectivity index (χ4v) is 2.61. The normalized spacial score (nSPS) is 11.6. The van der Waals surface area contributed by atoms with Crippen molar-refractivity contribution in [1.82, 2.24) is 30.0 Å². The van der Waals surface area contributed by atoms with E-state index in [9.17, 15) is 0 Å². The zero-order valence-corrected chi connectivity index (χ0v) is 14.9. The summed E-state index contributed by atoms with van der Waals surface area (Å²) in [6.45, 7) is 9.49. The van der Waals surface area contributed by atoms with E-state index in [0.717, 1.165) is 28.3 Å². The molecule has 0 aliphatic heterocycles. The Bertz CT molecular complexity index is 686. The highest BCUT2D eigenvalue weighted by Crippen LogP contribution is 2.10. The Morgan fingerprint density at radius 1 is 1.48 bits per heavy atom. The van der Waals surface area contributed by atoms with Gasteiger partial charge in [-0.25, -0.2) is 9.98 Å². The molecule has 2 heterocycles. The monoisotopic (exact) mass is 333 g/mol. The highest BCUT2D eigenvalue weighted by Gasteiger charge is 2.10. The lowest BCUT2D eigenvalue weighted by Gasteiger charge is -2.21. The zero-order chi connectivity index (χ0) is 16.8. The minimum absolute atomic E-state index is 0.469. The molecule has 0 bridgehead atoms. The van der Waals surface area contributed by atoms with Gasteiger partial charge in [-0.05, 0) is 13.8 Å². The Balaban J connectivity index is 2.09. The van der Waals surface area contributed by atoms with E-state index in [-0.39, 0.29) is 0 Å². The first kappa shape index (κ1) is 17.1. The molecule has 8 heteroatoms. The van der Waals surface area contributed by atoms with Crippen LogP contribution in [-0.4, -0.2) is 44.2 Å². The molecule has 23 heavy (non-hydrogen) atoms. The molecule has 0 amide bonds. The summed E-state index contributed by atoms with van der Waals surface area (Å²) in [4.78, 5) is 11.2. The fraction of sp³-hybridized carbons (Fsp3) is 0.467. The third kappa shape index (κ3) is 4.62. The van der Waals surface area contributed by atoms with Gasteiger partial charge in [-0.3, -0.25) is 0 Å². The molecule has 0 aromatic carbocycles. The lowest BCUT2D eigenvalue weighted by Crippen LogP contribution is -2.38. The molecule has 0 unspecified atom stereocenters. The maximum absolute atomic E-state index is 4.64. The topological polar surface area (TPSA) is 71.2 Å². The van der Waals surface area contributed by atoms with Crippen LogP contribution in [0.4, 0.5) is 0 Å². The summed E-state index contributed by atoms with van der Waals surface area (Å²) in [6, 6.07) is 0. The number of rotatable bonds is 6. The zero-order valence-electron chi connectivity index (χ0n) is 14.1. The highest BCUT2D eigenvalue weighted by molar-refractivity contribution is 7.09. The molecule has 0 saturated heterocycles. The fourth-order valence-electron chi connectivity index (χ4n) is 2.01. The number of hydrogen-bond donors (Lipinski definition) is 1. The van der Waals surface area contributed by atoms with Gasteiger partial charge in [-0.15, -0.1) is 28.1 Å². The van der Waals surface area contributed by atoms with Crippen LogP contribution in [0.15, 0.2) is 23.0 Å². The third-order valence-corrected chi connectivity index (χ3v) is 4.21. The van der Waals surface area contributed by atoms with Crippen molar-refractivity contribution in [3.63, 3.8) is 0 Å². The van der Waals surface area contributed by atoms with Gasteiger partial charge >= 0.3 is 0 Å². The van der Waals surface area contributed by atoms with E-state index in [2.05, 4.69) is 37.4 Å². The van der Waals surface area contributed by atoms with Crippen LogP contribution < -0.4 is 5.32 Å². The van der Waals surface area contributed by atoms with Crippen LogP contribution in [0.5, 0.6) is 0 Å². The molecule has 2 rings (SSSR count). The van der Waals surface area contributed by atoms with E-state index in [1.54, 1.807) is 11.3 Å². The summed E-state index contributed by atoms with van der Waals surface area (Å²) in [7, 11) is 3.93. The first-order valence-electron chi connectivity index (χ1n) is 7.37. The number of hydrogen-bond acceptors (Lipinski definition) is 5. The molecule has 0 fully saturated rings. The number of nitrogens with one attached hydrogen (secondary N) is 1. The lowest BCUT2D eigenvalue weighted by molar-refractivity contribution is 0.471. The molecule has 2 aromatic rings. The third-order valence-electron chi connectivity index (χ3n) is 3.38. The van der Waals surface area contributed by atoms with Gasteiger partial charge in [0.05, 0.1) is 17.2 Å². The number of aromatic nitrogens is 4. The van der Waals surface area contributed by atoms with Gasteiger partial charge in [-0.1, -0.05) is 6.08 Å². The summed E-state index contributed by atoms with van der Waals surface area (Å²) in [5.41, 5.74) is 1.04. The summed E-state index contributed by atoms with van der Waals surface area (Å²) < 4.78 is 1.94. The van der Waals surface area contributed by atoms with Gasteiger partial charge in [0.2, 0.25) is 0 Å². The maximum Gasteiger partial charge on any atom is 0.194 e. The molecular weight excluding hydrogens is 310 g/mol. The van der Waals surface area contributed by atoms with Crippen molar-refractivity contribution in [2.45, 2.75) is 26.9 Å². The average Bonchev–Trinajstić information content (AvgIpc) is 3.07. The van der Waals surface area contributed by atoms with Crippen molar-refractivity contribution in [3.8, 4) is 0 Å². The Morgan fingerprint density at radius 2 is 2.26 bits per heavy atom. The molecule has 0 radical (unpaired) electrons. The summed E-state index contributed by atoms with van der Waals surface area (Å²) in [6.07, 6.45) is 1.81. The number of guanidine groups is 1. The molecule has 2 aromatic heterocycles. The van der Waals surface area contributed by atoms with Crippen LogP contribution in [0, 0.1) is 13.8 Å². The lowest BCUT2D eigenvalue weighted by atomic mass is 10.4. The van der Waals surface area contributed by atoms with Gasteiger partial charge in [0.25, 0.3) is 0 Å². The van der Waals surface area contributed by atoms with Gasteiger partial charge in [0.1, 0.15) is 12.4 Å². The SMILES string of the molecule is C=CCNC(=NCc1nnc(C)n1C)N(C)Cc1csc(C)n1. The van der Waals surface area contributed by atoms with Crippen molar-refractivity contribution in [2.75, 3.05) is 13.6 Å². The van der Waals surface area contributed by atoms with Crippen LogP contribution in [0.1, 0.15) is 22.4 Å². The standard InChI is InChI=1S/C15H23N7S/c1-6-7-16-15(17-8-14-20-19-11(2)22(14)5)21(4)9-13-10-23-12(3)18-13/h6,10H,1,7-9H2,2-5H3,(H,16,17). The molecule has 0 aliphatic carbocycles. The van der Waals surface area contributed by atoms with Crippen molar-refractivity contribution < 1.29 is 0 Å². The van der Waals surface area contributed by atoms with E-state index in [1.165, 1.54) is 0 Å². The van der Waals surface area contributed by atoms with E-state index >= 15 is 0 Å². The number of thiazole rings is 1. The van der Waals surface area contributed by atoms with E-state index < -0.39 is 0 Å². The van der Waals surface area contributed by atoms with Crippen LogP contribution in [0.25, 0.3) is 0 Å². The molecule has 0 aliphatic rings. The van der Waals surface area contributed by atoms with Crippen LogP contribution in [0.2, 0.25) is 0 Å². The van der Waals surface area contributed by atoms with Crippen LogP contribution >= 0.6 is 11.3 Å². The first-order valence-corrected chi connectivity index (χ1v) is 8.25. The predicted octanol–water partition coefficient (Wildman–Crippen LogP) is 1.65. The molecule has 124 valence electrons. The van der Waals surface area contributed by atoms with Crippen molar-refractivity contribution >= 4 is 17.3 Å². The van der Waals surface area contributed by atoms with Gasteiger partial charge in [0.15, 0.2) is 11.8 Å². The maximum atomic E-state index is 4.64. The van der Waals surface area contributed by atoms with Gasteiger partial charge in [0, 0.05) is 26.0 Å². The molecule has 0 atom stereocenters. The largest absolute Gasteiger partial charge is 0.353 e. The van der Waals surface area contributed by atoms with Crippen LogP contribution in [0.3, 0.4) is 0 Å². The van der Waals surface area contributed by atoms with E-state index in [4.69, 9.17) is 0 Å². The molecule has 0 saturated carbocycles. The minimum atomic E-state index is 0.469. The summed E-state index contributed by atoms with van der Waals surface area (Å²) in [5, 5.41) is 14.6. The minimum Gasteiger partial charge on any atom is -0.353 e. The Labute approximate surface area is 140 Å². The second-order valence-electron chi connectivity index (χ2n) is 5.25. The van der Waals surface area contributed by atoms with Gasteiger partial charge in [-0.2, -0.15) is 0 Å². The second-order valence-corrected chi connectivity index (χ2v) is 6.31. The van der Waals surface area contributed by atoms with Crippen LogP contribution in [-0.2, 0) is 20.1 Å². The highest BCUT2D eigenvalue weighted by atomic mass is 32.1. The van der Waals surface area contributed by atoms with Gasteiger partial charge < -0.3 is 14.8 Å². The van der Waals surface area contributed by atoms with Crippen molar-refractivity contribution in [2.24, 2.45) is 12.0 Å². The molecular formula is C15H23N7S. The predicted molar refractivity (Wildman–Crippen MR) is 93.4 cm³/mol. The molecule has 7 nitrogen and oxygen atoms in total. The Morgan fingerprint density at radius 3 is 2.83 bits per heavy atom. The van der Waals surface area contributed by atoms with Crippen molar-refractivity contribution in [3.05, 3.63) is 40.4 Å². The quantitative estimate of drug-likeness (QED) is 0.494. The smallest absolute Gasteiger partial charge is 0.194 e. The number of nitrogens with zero attached hydrogens (tertiary/aromatic N) is 6. The second kappa shape index (κ2) is 7.87. The number of aliphatic imine (C=N–C) groups is 1. The first-order chi connectivity index (χ1) is 11.0. The molecule has 1 N–H and O–H groups in total. The molecule has 0 spiro atoms. The Hall–Kier alpha value is -2.22. The van der Waals surface area contributed by atoms with Crippen molar-refractivity contribution in [1.29, 1.82) is 0 Å². The van der Waals surface area contributed by atoms with E-state index in [1.807, 2.05) is 43.5 Å². The number of aryl methyl sites for hydroxylation is 2.